The Bertz CT molecular complexity index is 1100. The standard InChI is InChI=1S/C20H19N5O2S/c1-12(2)15-10-17(25-24-15)23-19(26)18-14(11-28-20-21-8-5-9-22-20)13-6-3-4-7-16(13)27-18/h3-10,12H,11H2,1-2H3,(H2,23,24,25,26). The molecular formula is C20H19N5O2S. The number of anilines is 1. The second kappa shape index (κ2) is 7.85. The lowest BCUT2D eigenvalue weighted by atomic mass is 10.1. The SMILES string of the molecule is CC(C)c1cc(NC(=O)c2oc3ccccc3c2CSc2ncccn2)n[nH]1. The first-order valence-corrected chi connectivity index (χ1v) is 9.87. The molecule has 3 aromatic heterocycles. The summed E-state index contributed by atoms with van der Waals surface area (Å²) in [6, 6.07) is 11.2. The fraction of sp³-hybridized carbons (Fsp3) is 0.200. The summed E-state index contributed by atoms with van der Waals surface area (Å²) in [6.45, 7) is 4.11. The van der Waals surface area contributed by atoms with Crippen molar-refractivity contribution in [1.29, 1.82) is 0 Å². The summed E-state index contributed by atoms with van der Waals surface area (Å²) in [5.74, 6) is 1.23. The van der Waals surface area contributed by atoms with Crippen LogP contribution in [0.3, 0.4) is 0 Å². The number of nitrogens with one attached hydrogen (secondary N) is 2. The monoisotopic (exact) mass is 393 g/mol. The fourth-order valence-electron chi connectivity index (χ4n) is 2.79. The van der Waals surface area contributed by atoms with Crippen LogP contribution in [0, 0.1) is 0 Å². The molecule has 0 radical (unpaired) electrons. The van der Waals surface area contributed by atoms with Gasteiger partial charge >= 0.3 is 0 Å². The summed E-state index contributed by atoms with van der Waals surface area (Å²) >= 11 is 1.45. The summed E-state index contributed by atoms with van der Waals surface area (Å²) in [6.07, 6.45) is 3.39. The Kier molecular flexibility index (Phi) is 5.12. The van der Waals surface area contributed by atoms with Crippen molar-refractivity contribution in [3.05, 3.63) is 65.8 Å². The van der Waals surface area contributed by atoms with Gasteiger partial charge in [-0.05, 0) is 18.1 Å². The first kappa shape index (κ1) is 18.2. The van der Waals surface area contributed by atoms with E-state index in [2.05, 4.69) is 39.3 Å². The van der Waals surface area contributed by atoms with Crippen LogP contribution in [-0.2, 0) is 5.75 Å². The van der Waals surface area contributed by atoms with Crippen LogP contribution in [-0.4, -0.2) is 26.1 Å². The maximum absolute atomic E-state index is 12.9. The van der Waals surface area contributed by atoms with E-state index in [1.165, 1.54) is 11.8 Å². The molecule has 8 heteroatoms. The van der Waals surface area contributed by atoms with E-state index in [0.717, 1.165) is 16.6 Å². The van der Waals surface area contributed by atoms with Gasteiger partial charge in [-0.3, -0.25) is 9.89 Å². The number of nitrogens with zero attached hydrogens (tertiary/aromatic N) is 3. The number of furan rings is 1. The molecule has 0 unspecified atom stereocenters. The van der Waals surface area contributed by atoms with Crippen LogP contribution in [0.5, 0.6) is 0 Å². The molecule has 0 spiro atoms. The summed E-state index contributed by atoms with van der Waals surface area (Å²) in [4.78, 5) is 21.3. The highest BCUT2D eigenvalue weighted by molar-refractivity contribution is 7.98. The molecule has 0 fully saturated rings. The molecular weight excluding hydrogens is 374 g/mol. The molecule has 0 aliphatic rings. The molecule has 28 heavy (non-hydrogen) atoms. The maximum atomic E-state index is 12.9. The molecule has 7 nitrogen and oxygen atoms in total. The number of amides is 1. The lowest BCUT2D eigenvalue weighted by molar-refractivity contribution is 0.0997. The predicted molar refractivity (Wildman–Crippen MR) is 108 cm³/mol. The third-order valence-electron chi connectivity index (χ3n) is 4.25. The summed E-state index contributed by atoms with van der Waals surface area (Å²) in [5, 5.41) is 11.5. The first-order valence-electron chi connectivity index (χ1n) is 8.88. The quantitative estimate of drug-likeness (QED) is 0.367. The van der Waals surface area contributed by atoms with Crippen LogP contribution in [0.1, 0.15) is 41.6 Å². The Morgan fingerprint density at radius 2 is 2.00 bits per heavy atom. The minimum Gasteiger partial charge on any atom is -0.451 e. The average Bonchev–Trinajstić information content (AvgIpc) is 3.32. The van der Waals surface area contributed by atoms with Crippen LogP contribution in [0.4, 0.5) is 5.82 Å². The van der Waals surface area contributed by atoms with E-state index in [1.54, 1.807) is 18.5 Å². The van der Waals surface area contributed by atoms with Gasteiger partial charge in [0.2, 0.25) is 0 Å². The lowest BCUT2D eigenvalue weighted by Crippen LogP contribution is -2.13. The Balaban J connectivity index is 1.62. The second-order valence-electron chi connectivity index (χ2n) is 6.54. The average molecular weight is 393 g/mol. The normalized spacial score (nSPS) is 11.2. The molecule has 2 N–H and O–H groups in total. The van der Waals surface area contributed by atoms with E-state index in [9.17, 15) is 4.79 Å². The fourth-order valence-corrected chi connectivity index (χ4v) is 3.62. The smallest absolute Gasteiger partial charge is 0.292 e. The third kappa shape index (κ3) is 3.77. The topological polar surface area (TPSA) is 96.7 Å². The molecule has 1 amide bonds. The van der Waals surface area contributed by atoms with Gasteiger partial charge in [-0.2, -0.15) is 5.10 Å². The number of hydrogen-bond donors (Lipinski definition) is 2. The van der Waals surface area contributed by atoms with Crippen molar-refractivity contribution in [3.8, 4) is 0 Å². The van der Waals surface area contributed by atoms with Gasteiger partial charge in [0.25, 0.3) is 5.91 Å². The number of thioether (sulfide) groups is 1. The zero-order valence-electron chi connectivity index (χ0n) is 15.5. The van der Waals surface area contributed by atoms with E-state index >= 15 is 0 Å². The number of carbonyl (C=O) groups is 1. The first-order chi connectivity index (χ1) is 13.6. The van der Waals surface area contributed by atoms with Crippen LogP contribution < -0.4 is 5.32 Å². The number of fused-ring (bicyclic) bond motifs is 1. The number of benzene rings is 1. The number of rotatable bonds is 6. The molecule has 0 aliphatic carbocycles. The van der Waals surface area contributed by atoms with Crippen molar-refractivity contribution in [2.24, 2.45) is 0 Å². The van der Waals surface area contributed by atoms with Crippen molar-refractivity contribution in [1.82, 2.24) is 20.2 Å². The Labute approximate surface area is 166 Å². The van der Waals surface area contributed by atoms with Gasteiger partial charge in [-0.25, -0.2) is 9.97 Å². The number of aromatic amines is 1. The van der Waals surface area contributed by atoms with Gasteiger partial charge in [-0.15, -0.1) is 0 Å². The van der Waals surface area contributed by atoms with Gasteiger partial charge in [0.05, 0.1) is 0 Å². The van der Waals surface area contributed by atoms with Crippen molar-refractivity contribution in [2.45, 2.75) is 30.7 Å². The highest BCUT2D eigenvalue weighted by Crippen LogP contribution is 2.31. The summed E-state index contributed by atoms with van der Waals surface area (Å²) in [5.41, 5.74) is 2.43. The summed E-state index contributed by atoms with van der Waals surface area (Å²) < 4.78 is 5.87. The largest absolute Gasteiger partial charge is 0.451 e. The molecule has 4 rings (SSSR count). The Morgan fingerprint density at radius 1 is 1.21 bits per heavy atom. The number of para-hydroxylation sites is 1. The lowest BCUT2D eigenvalue weighted by Gasteiger charge is -2.03. The number of H-pyrrole nitrogens is 1. The van der Waals surface area contributed by atoms with E-state index in [-0.39, 0.29) is 11.7 Å². The molecule has 0 bridgehead atoms. The van der Waals surface area contributed by atoms with Crippen molar-refractivity contribution >= 4 is 34.5 Å². The van der Waals surface area contributed by atoms with Gasteiger partial charge in [-0.1, -0.05) is 43.8 Å². The van der Waals surface area contributed by atoms with Gasteiger partial charge < -0.3 is 9.73 Å². The van der Waals surface area contributed by atoms with Crippen molar-refractivity contribution in [2.75, 3.05) is 5.32 Å². The van der Waals surface area contributed by atoms with E-state index in [0.29, 0.717) is 28.2 Å². The molecule has 0 saturated carbocycles. The minimum absolute atomic E-state index is 0.277. The Morgan fingerprint density at radius 3 is 2.75 bits per heavy atom. The molecule has 0 atom stereocenters. The van der Waals surface area contributed by atoms with Crippen molar-refractivity contribution < 1.29 is 9.21 Å². The maximum Gasteiger partial charge on any atom is 0.292 e. The number of aromatic nitrogens is 4. The zero-order valence-corrected chi connectivity index (χ0v) is 16.3. The zero-order chi connectivity index (χ0) is 19.5. The number of carbonyl (C=O) groups excluding carboxylic acids is 1. The van der Waals surface area contributed by atoms with Crippen LogP contribution in [0.25, 0.3) is 11.0 Å². The molecule has 1 aromatic carbocycles. The number of hydrogen-bond acceptors (Lipinski definition) is 6. The van der Waals surface area contributed by atoms with Crippen LogP contribution in [0.15, 0.2) is 58.4 Å². The van der Waals surface area contributed by atoms with E-state index in [4.69, 9.17) is 4.42 Å². The molecule has 142 valence electrons. The molecule has 4 aromatic rings. The Hall–Kier alpha value is -3.13. The van der Waals surface area contributed by atoms with E-state index in [1.807, 2.05) is 30.3 Å². The highest BCUT2D eigenvalue weighted by Gasteiger charge is 2.22. The van der Waals surface area contributed by atoms with Gasteiger partial charge in [0, 0.05) is 40.9 Å². The van der Waals surface area contributed by atoms with Crippen LogP contribution in [0.2, 0.25) is 0 Å². The minimum atomic E-state index is -0.331. The van der Waals surface area contributed by atoms with Gasteiger partial charge in [0.1, 0.15) is 5.58 Å². The highest BCUT2D eigenvalue weighted by atomic mass is 32.2. The molecule has 0 saturated heterocycles. The van der Waals surface area contributed by atoms with E-state index < -0.39 is 0 Å². The second-order valence-corrected chi connectivity index (χ2v) is 7.49. The predicted octanol–water partition coefficient (Wildman–Crippen LogP) is 4.61. The van der Waals surface area contributed by atoms with Crippen LogP contribution >= 0.6 is 11.8 Å². The van der Waals surface area contributed by atoms with Gasteiger partial charge in [0.15, 0.2) is 16.7 Å². The molecule has 3 heterocycles. The third-order valence-corrected chi connectivity index (χ3v) is 5.16. The molecule has 0 aliphatic heterocycles. The summed E-state index contributed by atoms with van der Waals surface area (Å²) in [7, 11) is 0. The van der Waals surface area contributed by atoms with Crippen molar-refractivity contribution in [3.63, 3.8) is 0 Å².